The van der Waals surface area contributed by atoms with Gasteiger partial charge in [-0.05, 0) is 43.7 Å². The van der Waals surface area contributed by atoms with Gasteiger partial charge in [0.15, 0.2) is 0 Å². The number of nitrogens with one attached hydrogen (secondary N) is 2. The smallest absolute Gasteiger partial charge is 0.314 e. The van der Waals surface area contributed by atoms with Crippen LogP contribution in [0.3, 0.4) is 0 Å². The van der Waals surface area contributed by atoms with E-state index < -0.39 is 0 Å². The Kier molecular flexibility index (Phi) is 7.03. The average Bonchev–Trinajstić information content (AvgIpc) is 2.54. The third-order valence-corrected chi connectivity index (χ3v) is 3.93. The number of para-hydroxylation sites is 1. The van der Waals surface area contributed by atoms with Gasteiger partial charge in [0.05, 0.1) is 12.7 Å². The first-order chi connectivity index (χ1) is 10.7. The van der Waals surface area contributed by atoms with Crippen LogP contribution in [0.1, 0.15) is 32.1 Å². The zero-order valence-corrected chi connectivity index (χ0v) is 13.0. The number of hydrogen-bond acceptors (Lipinski definition) is 3. The normalized spacial score (nSPS) is 21.1. The average molecular weight is 306 g/mol. The summed E-state index contributed by atoms with van der Waals surface area (Å²) in [7, 11) is 0. The zero-order chi connectivity index (χ0) is 15.6. The largest absolute Gasteiger partial charge is 0.494 e. The summed E-state index contributed by atoms with van der Waals surface area (Å²) in [5, 5.41) is 15.3. The molecule has 0 aromatic heterocycles. The highest BCUT2D eigenvalue weighted by molar-refractivity contribution is 5.73. The molecule has 5 heteroatoms. The minimum Gasteiger partial charge on any atom is -0.494 e. The molecular weight excluding hydrogens is 280 g/mol. The van der Waals surface area contributed by atoms with Crippen LogP contribution >= 0.6 is 0 Å². The van der Waals surface area contributed by atoms with Gasteiger partial charge in [0.2, 0.25) is 0 Å². The van der Waals surface area contributed by atoms with Gasteiger partial charge in [0.1, 0.15) is 5.75 Å². The van der Waals surface area contributed by atoms with E-state index in [0.29, 0.717) is 25.6 Å². The summed E-state index contributed by atoms with van der Waals surface area (Å²) >= 11 is 0. The molecule has 2 rings (SSSR count). The quantitative estimate of drug-likeness (QED) is 0.677. The summed E-state index contributed by atoms with van der Waals surface area (Å²) in [5.74, 6) is 1.25. The van der Waals surface area contributed by atoms with E-state index in [1.165, 1.54) is 0 Å². The molecule has 1 fully saturated rings. The van der Waals surface area contributed by atoms with Crippen LogP contribution in [0.4, 0.5) is 4.79 Å². The summed E-state index contributed by atoms with van der Waals surface area (Å²) in [4.78, 5) is 11.7. The fraction of sp³-hybridized carbons (Fsp3) is 0.588. The van der Waals surface area contributed by atoms with Crippen LogP contribution in [0, 0.1) is 5.92 Å². The highest BCUT2D eigenvalue weighted by Crippen LogP contribution is 2.23. The van der Waals surface area contributed by atoms with Gasteiger partial charge < -0.3 is 20.5 Å². The molecule has 0 bridgehead atoms. The van der Waals surface area contributed by atoms with Crippen LogP contribution < -0.4 is 15.4 Å². The number of amides is 2. The van der Waals surface area contributed by atoms with E-state index in [2.05, 4.69) is 10.6 Å². The zero-order valence-electron chi connectivity index (χ0n) is 13.0. The Balaban J connectivity index is 1.49. The number of ether oxygens (including phenoxy) is 1. The second-order valence-electron chi connectivity index (χ2n) is 5.84. The molecule has 0 saturated heterocycles. The van der Waals surface area contributed by atoms with E-state index in [1.54, 1.807) is 0 Å². The SMILES string of the molecule is O=C(NCCCOc1ccccc1)NCC1CCCC(O)C1. The number of hydrogen-bond donors (Lipinski definition) is 3. The third-order valence-electron chi connectivity index (χ3n) is 3.93. The fourth-order valence-corrected chi connectivity index (χ4v) is 2.73. The molecule has 2 unspecified atom stereocenters. The molecule has 22 heavy (non-hydrogen) atoms. The fourth-order valence-electron chi connectivity index (χ4n) is 2.73. The molecule has 0 aliphatic heterocycles. The minimum absolute atomic E-state index is 0.139. The van der Waals surface area contributed by atoms with E-state index in [0.717, 1.165) is 37.9 Å². The Bertz CT molecular complexity index is 439. The molecule has 1 saturated carbocycles. The highest BCUT2D eigenvalue weighted by Gasteiger charge is 2.20. The lowest BCUT2D eigenvalue weighted by Gasteiger charge is -2.25. The van der Waals surface area contributed by atoms with Crippen molar-refractivity contribution < 1.29 is 14.6 Å². The number of aliphatic hydroxyl groups is 1. The van der Waals surface area contributed by atoms with E-state index in [-0.39, 0.29) is 12.1 Å². The molecule has 0 radical (unpaired) electrons. The molecule has 1 aliphatic rings. The highest BCUT2D eigenvalue weighted by atomic mass is 16.5. The lowest BCUT2D eigenvalue weighted by atomic mass is 9.87. The molecule has 1 aromatic rings. The van der Waals surface area contributed by atoms with Gasteiger partial charge in [0, 0.05) is 13.1 Å². The van der Waals surface area contributed by atoms with Crippen molar-refractivity contribution in [1.82, 2.24) is 10.6 Å². The molecule has 0 heterocycles. The monoisotopic (exact) mass is 306 g/mol. The molecule has 0 spiro atoms. The van der Waals surface area contributed by atoms with Gasteiger partial charge in [-0.15, -0.1) is 0 Å². The van der Waals surface area contributed by atoms with Crippen LogP contribution in [-0.4, -0.2) is 36.9 Å². The molecule has 1 aliphatic carbocycles. The van der Waals surface area contributed by atoms with Gasteiger partial charge in [0.25, 0.3) is 0 Å². The molecule has 3 N–H and O–H groups in total. The van der Waals surface area contributed by atoms with Crippen molar-refractivity contribution >= 4 is 6.03 Å². The van der Waals surface area contributed by atoms with Crippen molar-refractivity contribution in [2.24, 2.45) is 5.92 Å². The first kappa shape index (κ1) is 16.6. The number of rotatable bonds is 7. The van der Waals surface area contributed by atoms with Crippen LogP contribution in [-0.2, 0) is 0 Å². The van der Waals surface area contributed by atoms with Crippen molar-refractivity contribution in [2.45, 2.75) is 38.2 Å². The topological polar surface area (TPSA) is 70.6 Å². The summed E-state index contributed by atoms with van der Waals surface area (Å²) in [6.45, 7) is 1.81. The molecular formula is C17H26N2O3. The Morgan fingerprint density at radius 1 is 1.23 bits per heavy atom. The van der Waals surface area contributed by atoms with E-state index in [4.69, 9.17) is 4.74 Å². The molecule has 2 atom stereocenters. The minimum atomic E-state index is -0.196. The maximum atomic E-state index is 11.7. The maximum absolute atomic E-state index is 11.7. The molecule has 1 aromatic carbocycles. The Labute approximate surface area is 132 Å². The van der Waals surface area contributed by atoms with Crippen LogP contribution in [0.25, 0.3) is 0 Å². The summed E-state index contributed by atoms with van der Waals surface area (Å²) in [5.41, 5.74) is 0. The van der Waals surface area contributed by atoms with Crippen LogP contribution in [0.2, 0.25) is 0 Å². The van der Waals surface area contributed by atoms with Crippen molar-refractivity contribution in [1.29, 1.82) is 0 Å². The standard InChI is InChI=1S/C17H26N2O3/c20-15-7-4-6-14(12-15)13-19-17(21)18-10-5-11-22-16-8-2-1-3-9-16/h1-3,8-9,14-15,20H,4-7,10-13H2,(H2,18,19,21). The summed E-state index contributed by atoms with van der Waals surface area (Å²) in [6, 6.07) is 9.51. The molecule has 2 amide bonds. The number of carbonyl (C=O) groups excluding carboxylic acids is 1. The second kappa shape index (κ2) is 9.30. The van der Waals surface area contributed by atoms with Gasteiger partial charge in [-0.25, -0.2) is 4.79 Å². The Hall–Kier alpha value is -1.75. The van der Waals surface area contributed by atoms with Crippen molar-refractivity contribution in [3.05, 3.63) is 30.3 Å². The van der Waals surface area contributed by atoms with Gasteiger partial charge in [-0.1, -0.05) is 24.6 Å². The van der Waals surface area contributed by atoms with Gasteiger partial charge in [-0.3, -0.25) is 0 Å². The summed E-state index contributed by atoms with van der Waals surface area (Å²) < 4.78 is 5.56. The lowest BCUT2D eigenvalue weighted by Crippen LogP contribution is -2.40. The second-order valence-corrected chi connectivity index (χ2v) is 5.84. The van der Waals surface area contributed by atoms with Crippen molar-refractivity contribution in [2.75, 3.05) is 19.7 Å². The first-order valence-corrected chi connectivity index (χ1v) is 8.11. The molecule has 122 valence electrons. The number of aliphatic hydroxyl groups excluding tert-OH is 1. The van der Waals surface area contributed by atoms with Gasteiger partial charge >= 0.3 is 6.03 Å². The van der Waals surface area contributed by atoms with E-state index >= 15 is 0 Å². The number of urea groups is 1. The van der Waals surface area contributed by atoms with Gasteiger partial charge in [-0.2, -0.15) is 0 Å². The van der Waals surface area contributed by atoms with E-state index in [9.17, 15) is 9.90 Å². The Morgan fingerprint density at radius 2 is 2.05 bits per heavy atom. The predicted molar refractivity (Wildman–Crippen MR) is 85.9 cm³/mol. The third kappa shape index (κ3) is 6.35. The van der Waals surface area contributed by atoms with Crippen molar-refractivity contribution in [3.8, 4) is 5.75 Å². The number of benzene rings is 1. The van der Waals surface area contributed by atoms with E-state index in [1.807, 2.05) is 30.3 Å². The molecule has 5 nitrogen and oxygen atoms in total. The van der Waals surface area contributed by atoms with Crippen molar-refractivity contribution in [3.63, 3.8) is 0 Å². The Morgan fingerprint density at radius 3 is 2.82 bits per heavy atom. The predicted octanol–water partition coefficient (Wildman–Crippen LogP) is 2.31. The summed E-state index contributed by atoms with van der Waals surface area (Å²) in [6.07, 6.45) is 4.40. The first-order valence-electron chi connectivity index (χ1n) is 8.11. The van der Waals surface area contributed by atoms with Crippen LogP contribution in [0.15, 0.2) is 30.3 Å². The lowest BCUT2D eigenvalue weighted by molar-refractivity contribution is 0.101. The maximum Gasteiger partial charge on any atom is 0.314 e. The number of carbonyl (C=O) groups is 1. The van der Waals surface area contributed by atoms with Crippen LogP contribution in [0.5, 0.6) is 5.75 Å².